The van der Waals surface area contributed by atoms with Gasteiger partial charge < -0.3 is 10.2 Å². The van der Waals surface area contributed by atoms with Gasteiger partial charge in [0.25, 0.3) is 5.91 Å². The van der Waals surface area contributed by atoms with Crippen LogP contribution >= 0.6 is 11.6 Å². The molecular formula is C15H19ClN2O. The van der Waals surface area contributed by atoms with Crippen LogP contribution in [0.25, 0.3) is 0 Å². The van der Waals surface area contributed by atoms with E-state index in [1.165, 1.54) is 12.8 Å². The lowest BCUT2D eigenvalue weighted by Gasteiger charge is -2.36. The van der Waals surface area contributed by atoms with Crippen LogP contribution in [0.5, 0.6) is 0 Å². The van der Waals surface area contributed by atoms with Gasteiger partial charge in [-0.15, -0.1) is 0 Å². The summed E-state index contributed by atoms with van der Waals surface area (Å²) >= 11 is 5.83. The van der Waals surface area contributed by atoms with Crippen molar-refractivity contribution in [1.29, 1.82) is 0 Å². The molecule has 0 saturated carbocycles. The minimum absolute atomic E-state index is 0.0191. The third-order valence-electron chi connectivity index (χ3n) is 4.54. The smallest absolute Gasteiger partial charge is 0.251 e. The van der Waals surface area contributed by atoms with Gasteiger partial charge in [-0.3, -0.25) is 4.79 Å². The summed E-state index contributed by atoms with van der Waals surface area (Å²) in [5.41, 5.74) is 0.690. The molecule has 19 heavy (non-hydrogen) atoms. The minimum Gasteiger partial charge on any atom is -0.349 e. The first-order chi connectivity index (χ1) is 9.13. The minimum atomic E-state index is 0.0191. The Morgan fingerprint density at radius 1 is 1.21 bits per heavy atom. The second-order valence-electron chi connectivity index (χ2n) is 5.70. The van der Waals surface area contributed by atoms with Crippen LogP contribution in [0.4, 0.5) is 0 Å². The molecule has 0 aromatic heterocycles. The van der Waals surface area contributed by atoms with E-state index in [9.17, 15) is 4.79 Å². The van der Waals surface area contributed by atoms with Gasteiger partial charge in [0.1, 0.15) is 0 Å². The molecular weight excluding hydrogens is 260 g/mol. The Labute approximate surface area is 118 Å². The molecule has 1 N–H and O–H groups in total. The number of amides is 1. The van der Waals surface area contributed by atoms with Crippen LogP contribution in [-0.4, -0.2) is 36.0 Å². The van der Waals surface area contributed by atoms with Crippen LogP contribution in [0.3, 0.4) is 0 Å². The number of carbonyl (C=O) groups is 1. The maximum Gasteiger partial charge on any atom is 0.251 e. The lowest BCUT2D eigenvalue weighted by atomic mass is 9.97. The second kappa shape index (κ2) is 5.14. The molecule has 2 aliphatic rings. The van der Waals surface area contributed by atoms with E-state index in [0.29, 0.717) is 28.7 Å². The van der Waals surface area contributed by atoms with Crippen molar-refractivity contribution in [2.75, 3.05) is 7.05 Å². The zero-order valence-electron chi connectivity index (χ0n) is 11.1. The maximum absolute atomic E-state index is 12.2. The number of piperidine rings is 1. The molecule has 2 saturated heterocycles. The number of carbonyl (C=O) groups excluding carboxylic acids is 1. The average Bonchev–Trinajstić information content (AvgIpc) is 2.63. The number of rotatable bonds is 2. The monoisotopic (exact) mass is 278 g/mol. The van der Waals surface area contributed by atoms with Crippen molar-refractivity contribution in [1.82, 2.24) is 10.2 Å². The summed E-state index contributed by atoms with van der Waals surface area (Å²) in [4.78, 5) is 14.6. The van der Waals surface area contributed by atoms with Crippen LogP contribution in [-0.2, 0) is 0 Å². The first kappa shape index (κ1) is 12.9. The number of nitrogens with zero attached hydrogens (tertiary/aromatic N) is 1. The summed E-state index contributed by atoms with van der Waals surface area (Å²) in [5.74, 6) is 0.0191. The van der Waals surface area contributed by atoms with E-state index in [4.69, 9.17) is 11.6 Å². The molecule has 1 aromatic carbocycles. The number of hydrogen-bond donors (Lipinski definition) is 1. The highest BCUT2D eigenvalue weighted by molar-refractivity contribution is 6.30. The zero-order valence-corrected chi connectivity index (χ0v) is 11.9. The number of hydrogen-bond acceptors (Lipinski definition) is 2. The second-order valence-corrected chi connectivity index (χ2v) is 6.14. The molecule has 4 heteroatoms. The number of benzene rings is 1. The first-order valence-corrected chi connectivity index (χ1v) is 7.29. The molecule has 1 amide bonds. The predicted octanol–water partition coefficient (Wildman–Crippen LogP) is 2.70. The van der Waals surface area contributed by atoms with E-state index in [-0.39, 0.29) is 5.91 Å². The Bertz CT molecular complexity index is 460. The van der Waals surface area contributed by atoms with Crippen molar-refractivity contribution in [3.8, 4) is 0 Å². The molecule has 2 fully saturated rings. The maximum atomic E-state index is 12.2. The highest BCUT2D eigenvalue weighted by Gasteiger charge is 2.38. The van der Waals surface area contributed by atoms with Gasteiger partial charge in [-0.05, 0) is 57.0 Å². The van der Waals surface area contributed by atoms with Crippen molar-refractivity contribution in [3.63, 3.8) is 0 Å². The van der Waals surface area contributed by atoms with Crippen LogP contribution in [0.2, 0.25) is 5.02 Å². The van der Waals surface area contributed by atoms with Crippen LogP contribution in [0, 0.1) is 0 Å². The molecule has 0 unspecified atom stereocenters. The lowest BCUT2D eigenvalue weighted by Crippen LogP contribution is -2.48. The van der Waals surface area contributed by atoms with E-state index in [1.54, 1.807) is 24.3 Å². The van der Waals surface area contributed by atoms with Gasteiger partial charge in [-0.1, -0.05) is 11.6 Å². The first-order valence-electron chi connectivity index (χ1n) is 6.92. The molecule has 2 atom stereocenters. The molecule has 0 spiro atoms. The van der Waals surface area contributed by atoms with Crippen LogP contribution in [0.15, 0.2) is 24.3 Å². The standard InChI is InChI=1S/C15H19ClN2O/c1-18-13-6-7-14(18)9-12(8-13)17-15(19)10-2-4-11(16)5-3-10/h2-5,12-14H,6-9H2,1H3,(H,17,19)/t13-,14-/m1/s1. The molecule has 1 aromatic rings. The van der Waals surface area contributed by atoms with Gasteiger partial charge in [0.15, 0.2) is 0 Å². The summed E-state index contributed by atoms with van der Waals surface area (Å²) in [6.45, 7) is 0. The van der Waals surface area contributed by atoms with Gasteiger partial charge >= 0.3 is 0 Å². The molecule has 2 bridgehead atoms. The Balaban J connectivity index is 1.63. The largest absolute Gasteiger partial charge is 0.349 e. The Morgan fingerprint density at radius 3 is 2.37 bits per heavy atom. The highest BCUT2D eigenvalue weighted by atomic mass is 35.5. The summed E-state index contributed by atoms with van der Waals surface area (Å²) in [5, 5.41) is 3.83. The Kier molecular flexibility index (Phi) is 3.50. The molecule has 102 valence electrons. The van der Waals surface area contributed by atoms with Gasteiger partial charge in [0, 0.05) is 28.7 Å². The highest BCUT2D eigenvalue weighted by Crippen LogP contribution is 2.34. The third kappa shape index (κ3) is 2.63. The summed E-state index contributed by atoms with van der Waals surface area (Å²) < 4.78 is 0. The number of nitrogens with one attached hydrogen (secondary N) is 1. The quantitative estimate of drug-likeness (QED) is 0.902. The Hall–Kier alpha value is -1.06. The molecule has 3 nitrogen and oxygen atoms in total. The molecule has 2 heterocycles. The van der Waals surface area contributed by atoms with Crippen molar-refractivity contribution in [2.24, 2.45) is 0 Å². The van der Waals surface area contributed by atoms with E-state index >= 15 is 0 Å². The Morgan fingerprint density at radius 2 is 1.79 bits per heavy atom. The van der Waals surface area contributed by atoms with Crippen molar-refractivity contribution in [3.05, 3.63) is 34.9 Å². The van der Waals surface area contributed by atoms with Crippen molar-refractivity contribution < 1.29 is 4.79 Å². The topological polar surface area (TPSA) is 32.3 Å². The lowest BCUT2D eigenvalue weighted by molar-refractivity contribution is 0.0882. The zero-order chi connectivity index (χ0) is 13.4. The fourth-order valence-electron chi connectivity index (χ4n) is 3.40. The van der Waals surface area contributed by atoms with Gasteiger partial charge in [0.05, 0.1) is 0 Å². The van der Waals surface area contributed by atoms with E-state index in [2.05, 4.69) is 17.3 Å². The fourth-order valence-corrected chi connectivity index (χ4v) is 3.53. The van der Waals surface area contributed by atoms with E-state index in [1.807, 2.05) is 0 Å². The van der Waals surface area contributed by atoms with E-state index < -0.39 is 0 Å². The summed E-state index contributed by atoms with van der Waals surface area (Å²) in [6.07, 6.45) is 4.70. The third-order valence-corrected chi connectivity index (χ3v) is 4.79. The number of fused-ring (bicyclic) bond motifs is 2. The van der Waals surface area contributed by atoms with Crippen molar-refractivity contribution in [2.45, 2.75) is 43.8 Å². The average molecular weight is 279 g/mol. The predicted molar refractivity (Wildman–Crippen MR) is 76.5 cm³/mol. The van der Waals surface area contributed by atoms with Crippen molar-refractivity contribution >= 4 is 17.5 Å². The normalized spacial score (nSPS) is 30.3. The van der Waals surface area contributed by atoms with Gasteiger partial charge in [0.2, 0.25) is 0 Å². The molecule has 2 aliphatic heterocycles. The summed E-state index contributed by atoms with van der Waals surface area (Å²) in [7, 11) is 2.21. The van der Waals surface area contributed by atoms with Gasteiger partial charge in [-0.25, -0.2) is 0 Å². The summed E-state index contributed by atoms with van der Waals surface area (Å²) in [6, 6.07) is 8.69. The fraction of sp³-hybridized carbons (Fsp3) is 0.533. The SMILES string of the molecule is CN1[C@@H]2CC[C@@H]1CC(NC(=O)c1ccc(Cl)cc1)C2. The molecule has 3 rings (SSSR count). The van der Waals surface area contributed by atoms with Crippen LogP contribution < -0.4 is 5.32 Å². The molecule has 0 aliphatic carbocycles. The van der Waals surface area contributed by atoms with E-state index in [0.717, 1.165) is 12.8 Å². The van der Waals surface area contributed by atoms with Crippen LogP contribution in [0.1, 0.15) is 36.0 Å². The molecule has 0 radical (unpaired) electrons. The van der Waals surface area contributed by atoms with Gasteiger partial charge in [-0.2, -0.15) is 0 Å². The number of halogens is 1.